The number of amides is 2. The van der Waals surface area contributed by atoms with Gasteiger partial charge in [-0.05, 0) is 26.2 Å². The molecule has 2 amide bonds. The van der Waals surface area contributed by atoms with E-state index in [4.69, 9.17) is 11.6 Å². The molecule has 7 nitrogen and oxygen atoms in total. The van der Waals surface area contributed by atoms with Gasteiger partial charge in [-0.1, -0.05) is 23.7 Å². The van der Waals surface area contributed by atoms with Crippen molar-refractivity contribution < 1.29 is 9.59 Å². The zero-order valence-electron chi connectivity index (χ0n) is 13.8. The van der Waals surface area contributed by atoms with Gasteiger partial charge >= 0.3 is 11.8 Å². The predicted molar refractivity (Wildman–Crippen MR) is 92.7 cm³/mol. The van der Waals surface area contributed by atoms with Crippen molar-refractivity contribution in [2.45, 2.75) is 6.04 Å². The molecule has 2 aromatic rings. The molecule has 1 atom stereocenters. The molecular formula is C16H20ClN5O2. The SMILES string of the molecule is CN(C)[C@H](CNC(=O)C(=O)Nc1ccccc1Cl)c1cnn(C)c1. The Morgan fingerprint density at radius 1 is 1.29 bits per heavy atom. The van der Waals surface area contributed by atoms with E-state index >= 15 is 0 Å². The average molecular weight is 350 g/mol. The molecule has 0 aliphatic carbocycles. The van der Waals surface area contributed by atoms with E-state index in [2.05, 4.69) is 15.7 Å². The molecule has 2 N–H and O–H groups in total. The summed E-state index contributed by atoms with van der Waals surface area (Å²) in [5, 5.41) is 9.64. The van der Waals surface area contributed by atoms with Gasteiger partial charge in [0.15, 0.2) is 0 Å². The summed E-state index contributed by atoms with van der Waals surface area (Å²) < 4.78 is 1.69. The molecule has 1 aromatic heterocycles. The summed E-state index contributed by atoms with van der Waals surface area (Å²) in [7, 11) is 5.62. The lowest BCUT2D eigenvalue weighted by Gasteiger charge is -2.23. The fraction of sp³-hybridized carbons (Fsp3) is 0.312. The average Bonchev–Trinajstić information content (AvgIpc) is 2.95. The van der Waals surface area contributed by atoms with Crippen LogP contribution in [0.25, 0.3) is 0 Å². The Labute approximate surface area is 145 Å². The first kappa shape index (κ1) is 18.0. The molecule has 1 aromatic carbocycles. The fourth-order valence-corrected chi connectivity index (χ4v) is 2.41. The Morgan fingerprint density at radius 2 is 2.00 bits per heavy atom. The highest BCUT2D eigenvalue weighted by molar-refractivity contribution is 6.41. The molecule has 0 unspecified atom stereocenters. The maximum absolute atomic E-state index is 12.0. The second kappa shape index (κ2) is 7.94. The molecule has 24 heavy (non-hydrogen) atoms. The quantitative estimate of drug-likeness (QED) is 0.800. The number of aromatic nitrogens is 2. The summed E-state index contributed by atoms with van der Waals surface area (Å²) in [4.78, 5) is 25.9. The van der Waals surface area contributed by atoms with E-state index in [9.17, 15) is 9.59 Å². The number of aryl methyl sites for hydroxylation is 1. The fourth-order valence-electron chi connectivity index (χ4n) is 2.22. The predicted octanol–water partition coefficient (Wildman–Crippen LogP) is 1.43. The second-order valence-corrected chi connectivity index (χ2v) is 5.98. The highest BCUT2D eigenvalue weighted by atomic mass is 35.5. The van der Waals surface area contributed by atoms with E-state index in [0.29, 0.717) is 10.7 Å². The Balaban J connectivity index is 1.95. The van der Waals surface area contributed by atoms with Crippen LogP contribution in [0.5, 0.6) is 0 Å². The van der Waals surface area contributed by atoms with Crippen LogP contribution < -0.4 is 10.6 Å². The van der Waals surface area contributed by atoms with E-state index in [0.717, 1.165) is 5.56 Å². The Kier molecular flexibility index (Phi) is 5.94. The number of benzene rings is 1. The maximum atomic E-state index is 12.0. The summed E-state index contributed by atoms with van der Waals surface area (Å²) in [6, 6.07) is 6.65. The van der Waals surface area contributed by atoms with Gasteiger partial charge in [0.05, 0.1) is 22.9 Å². The van der Waals surface area contributed by atoms with Crippen molar-refractivity contribution in [3.8, 4) is 0 Å². The molecule has 8 heteroatoms. The van der Waals surface area contributed by atoms with Crippen LogP contribution in [-0.4, -0.2) is 47.1 Å². The minimum absolute atomic E-state index is 0.0873. The van der Waals surface area contributed by atoms with Gasteiger partial charge in [-0.2, -0.15) is 5.10 Å². The van der Waals surface area contributed by atoms with E-state index in [1.54, 1.807) is 35.1 Å². The number of rotatable bonds is 5. The van der Waals surface area contributed by atoms with Crippen LogP contribution in [0.1, 0.15) is 11.6 Å². The van der Waals surface area contributed by atoms with Crippen LogP contribution in [0.4, 0.5) is 5.69 Å². The highest BCUT2D eigenvalue weighted by Crippen LogP contribution is 2.20. The number of halogens is 1. The largest absolute Gasteiger partial charge is 0.346 e. The van der Waals surface area contributed by atoms with Gasteiger partial charge in [0, 0.05) is 25.4 Å². The molecule has 2 rings (SSSR count). The second-order valence-electron chi connectivity index (χ2n) is 5.57. The Hall–Kier alpha value is -2.38. The van der Waals surface area contributed by atoms with Crippen molar-refractivity contribution in [3.05, 3.63) is 47.2 Å². The lowest BCUT2D eigenvalue weighted by molar-refractivity contribution is -0.136. The standard InChI is InChI=1S/C16H20ClN5O2/c1-21(2)14(11-8-19-22(3)10-11)9-18-15(23)16(24)20-13-7-5-4-6-12(13)17/h4-8,10,14H,9H2,1-3H3,(H,18,23)(H,20,24)/t14-/m1/s1. The first-order valence-electron chi connectivity index (χ1n) is 7.37. The number of nitrogens with one attached hydrogen (secondary N) is 2. The minimum Gasteiger partial charge on any atom is -0.346 e. The number of anilines is 1. The number of nitrogens with zero attached hydrogens (tertiary/aromatic N) is 3. The van der Waals surface area contributed by atoms with Gasteiger partial charge in [-0.25, -0.2) is 0 Å². The van der Waals surface area contributed by atoms with E-state index in [1.807, 2.05) is 32.2 Å². The molecule has 0 bridgehead atoms. The number of hydrogen-bond acceptors (Lipinski definition) is 4. The zero-order valence-corrected chi connectivity index (χ0v) is 14.5. The maximum Gasteiger partial charge on any atom is 0.313 e. The third-order valence-corrected chi connectivity index (χ3v) is 3.85. The van der Waals surface area contributed by atoms with Gasteiger partial charge in [-0.3, -0.25) is 14.3 Å². The van der Waals surface area contributed by atoms with Gasteiger partial charge in [0.2, 0.25) is 0 Å². The van der Waals surface area contributed by atoms with Gasteiger partial charge in [0.1, 0.15) is 0 Å². The van der Waals surface area contributed by atoms with Crippen LogP contribution >= 0.6 is 11.6 Å². The lowest BCUT2D eigenvalue weighted by Crippen LogP contribution is -2.40. The Bertz CT molecular complexity index is 729. The van der Waals surface area contributed by atoms with E-state index in [1.165, 1.54) is 0 Å². The molecule has 0 saturated carbocycles. The molecule has 128 valence electrons. The van der Waals surface area contributed by atoms with Gasteiger partial charge in [0.25, 0.3) is 0 Å². The van der Waals surface area contributed by atoms with Crippen molar-refractivity contribution in [1.29, 1.82) is 0 Å². The highest BCUT2D eigenvalue weighted by Gasteiger charge is 2.20. The number of hydrogen-bond donors (Lipinski definition) is 2. The first-order chi connectivity index (χ1) is 11.4. The van der Waals surface area contributed by atoms with Crippen LogP contribution in [0.3, 0.4) is 0 Å². The summed E-state index contributed by atoms with van der Waals surface area (Å²) in [5.41, 5.74) is 1.35. The van der Waals surface area contributed by atoms with Crippen molar-refractivity contribution in [3.63, 3.8) is 0 Å². The topological polar surface area (TPSA) is 79.3 Å². The molecule has 0 aliphatic heterocycles. The first-order valence-corrected chi connectivity index (χ1v) is 7.75. The van der Waals surface area contributed by atoms with Crippen molar-refractivity contribution >= 4 is 29.1 Å². The van der Waals surface area contributed by atoms with E-state index in [-0.39, 0.29) is 12.6 Å². The molecule has 0 aliphatic rings. The number of carbonyl (C=O) groups is 2. The number of para-hydroxylation sites is 1. The smallest absolute Gasteiger partial charge is 0.313 e. The number of carbonyl (C=O) groups excluding carboxylic acids is 2. The molecule has 1 heterocycles. The third-order valence-electron chi connectivity index (χ3n) is 3.52. The summed E-state index contributed by atoms with van der Waals surface area (Å²) in [6.07, 6.45) is 3.61. The van der Waals surface area contributed by atoms with Crippen LogP contribution in [-0.2, 0) is 16.6 Å². The number of likely N-dealkylation sites (N-methyl/N-ethyl adjacent to an activating group) is 1. The van der Waals surface area contributed by atoms with Crippen molar-refractivity contribution in [1.82, 2.24) is 20.0 Å². The molecule has 0 fully saturated rings. The lowest BCUT2D eigenvalue weighted by atomic mass is 10.1. The van der Waals surface area contributed by atoms with Crippen LogP contribution in [0, 0.1) is 0 Å². The summed E-state index contributed by atoms with van der Waals surface area (Å²) >= 11 is 5.96. The molecular weight excluding hydrogens is 330 g/mol. The third kappa shape index (κ3) is 4.56. The summed E-state index contributed by atoms with van der Waals surface area (Å²) in [6.45, 7) is 0.285. The van der Waals surface area contributed by atoms with Crippen LogP contribution in [0.15, 0.2) is 36.7 Å². The monoisotopic (exact) mass is 349 g/mol. The van der Waals surface area contributed by atoms with Crippen molar-refractivity contribution in [2.75, 3.05) is 26.0 Å². The van der Waals surface area contributed by atoms with Gasteiger partial charge in [-0.15, -0.1) is 0 Å². The molecule has 0 saturated heterocycles. The van der Waals surface area contributed by atoms with E-state index < -0.39 is 11.8 Å². The Morgan fingerprint density at radius 3 is 2.58 bits per heavy atom. The summed E-state index contributed by atoms with van der Waals surface area (Å²) in [5.74, 6) is -1.47. The molecule has 0 radical (unpaired) electrons. The minimum atomic E-state index is -0.758. The normalized spacial score (nSPS) is 12.0. The van der Waals surface area contributed by atoms with Gasteiger partial charge < -0.3 is 15.5 Å². The van der Waals surface area contributed by atoms with Crippen molar-refractivity contribution in [2.24, 2.45) is 7.05 Å². The zero-order chi connectivity index (χ0) is 17.7. The molecule has 0 spiro atoms. The van der Waals surface area contributed by atoms with Crippen LogP contribution in [0.2, 0.25) is 5.02 Å².